The highest BCUT2D eigenvalue weighted by atomic mass is 32.2. The molecule has 0 aliphatic carbocycles. The van der Waals surface area contributed by atoms with Crippen molar-refractivity contribution in [2.24, 2.45) is 0 Å². The number of nitrogens with zero attached hydrogens (tertiary/aromatic N) is 1. The van der Waals surface area contributed by atoms with Crippen LogP contribution in [0.1, 0.15) is 47.3 Å². The van der Waals surface area contributed by atoms with Crippen LogP contribution in [0.2, 0.25) is 0 Å². The van der Waals surface area contributed by atoms with Gasteiger partial charge in [-0.1, -0.05) is 18.2 Å². The predicted molar refractivity (Wildman–Crippen MR) is 156 cm³/mol. The van der Waals surface area contributed by atoms with E-state index in [1.807, 2.05) is 36.4 Å². The van der Waals surface area contributed by atoms with Gasteiger partial charge in [0.15, 0.2) is 16.1 Å². The van der Waals surface area contributed by atoms with Crippen LogP contribution in [0.25, 0.3) is 10.4 Å². The zero-order chi connectivity index (χ0) is 28.9. The number of benzene rings is 2. The van der Waals surface area contributed by atoms with E-state index in [2.05, 4.69) is 5.48 Å². The number of methoxy groups -OCH3 is 1. The molecular weight excluding hydrogens is 564 g/mol. The first kappa shape index (κ1) is 29.2. The van der Waals surface area contributed by atoms with Gasteiger partial charge in [-0.05, 0) is 73.4 Å². The van der Waals surface area contributed by atoms with Crippen LogP contribution in [0.5, 0.6) is 5.75 Å². The highest BCUT2D eigenvalue weighted by molar-refractivity contribution is 7.92. The van der Waals surface area contributed by atoms with E-state index in [1.165, 1.54) is 11.3 Å². The van der Waals surface area contributed by atoms with Crippen molar-refractivity contribution in [3.63, 3.8) is 0 Å². The Hall–Kier alpha value is -3.25. The molecule has 3 heterocycles. The summed E-state index contributed by atoms with van der Waals surface area (Å²) >= 11 is 1.34. The summed E-state index contributed by atoms with van der Waals surface area (Å²) < 4.78 is 37.5. The van der Waals surface area contributed by atoms with Crippen molar-refractivity contribution in [1.29, 1.82) is 0 Å². The molecule has 1 N–H and O–H groups in total. The van der Waals surface area contributed by atoms with Crippen LogP contribution in [0.4, 0.5) is 0 Å². The molecule has 2 atom stereocenters. The number of hydroxylamine groups is 1. The number of carbonyl (C=O) groups is 2. The van der Waals surface area contributed by atoms with Gasteiger partial charge in [0.1, 0.15) is 10.5 Å². The quantitative estimate of drug-likeness (QED) is 0.379. The van der Waals surface area contributed by atoms with Crippen molar-refractivity contribution < 1.29 is 32.3 Å². The fraction of sp³-hybridized carbons (Fsp3) is 0.400. The number of amides is 2. The Labute approximate surface area is 244 Å². The number of nitrogens with one attached hydrogen (secondary N) is 1. The summed E-state index contributed by atoms with van der Waals surface area (Å²) in [5, 5.41) is 0. The molecule has 2 aliphatic rings. The number of thiophene rings is 1. The lowest BCUT2D eigenvalue weighted by Gasteiger charge is -2.31. The second-order valence-corrected chi connectivity index (χ2v) is 13.7. The standard InChI is InChI=1S/C30H34N2O7S2/c1-37-24-12-10-22(11-13-24)25-14-15-26(40-25)30(21-27(33)31-39-28-9-5-6-19-38-28)16-17-32(18-20-41(30,35)36)29(34)23-7-3-2-4-8-23/h2-4,7-8,10-15,28H,5-6,9,16-21H2,1H3,(H,31,33). The number of carbonyl (C=O) groups excluding carboxylic acids is 2. The van der Waals surface area contributed by atoms with Crippen molar-refractivity contribution in [1.82, 2.24) is 10.4 Å². The third-order valence-corrected chi connectivity index (χ3v) is 11.6. The molecule has 0 radical (unpaired) electrons. The van der Waals surface area contributed by atoms with Crippen LogP contribution >= 0.6 is 11.3 Å². The highest BCUT2D eigenvalue weighted by Gasteiger charge is 2.50. The summed E-state index contributed by atoms with van der Waals surface area (Å²) in [7, 11) is -2.30. The van der Waals surface area contributed by atoms with Crippen LogP contribution in [0, 0.1) is 0 Å². The van der Waals surface area contributed by atoms with Crippen LogP contribution < -0.4 is 10.2 Å². The van der Waals surface area contributed by atoms with Crippen LogP contribution in [-0.2, 0) is 29.0 Å². The SMILES string of the molecule is COc1ccc(-c2ccc(C3(CC(=O)NOC4CCCCO4)CCN(C(=O)c4ccccc4)CCS3(=O)=O)s2)cc1. The average molecular weight is 599 g/mol. The summed E-state index contributed by atoms with van der Waals surface area (Å²) in [5.74, 6) is -0.328. The van der Waals surface area contributed by atoms with Crippen molar-refractivity contribution in [2.45, 2.75) is 43.1 Å². The smallest absolute Gasteiger partial charge is 0.253 e. The maximum Gasteiger partial charge on any atom is 0.253 e. The third-order valence-electron chi connectivity index (χ3n) is 7.64. The van der Waals surface area contributed by atoms with Gasteiger partial charge in [-0.25, -0.2) is 18.7 Å². The molecule has 0 spiro atoms. The van der Waals surface area contributed by atoms with Crippen LogP contribution in [-0.4, -0.2) is 64.0 Å². The van der Waals surface area contributed by atoms with Gasteiger partial charge >= 0.3 is 0 Å². The second kappa shape index (κ2) is 12.7. The lowest BCUT2D eigenvalue weighted by Crippen LogP contribution is -2.43. The van der Waals surface area contributed by atoms with Crippen molar-refractivity contribution >= 4 is 33.0 Å². The fourth-order valence-corrected chi connectivity index (χ4v) is 8.87. The molecule has 0 saturated carbocycles. The van der Waals surface area contributed by atoms with Crippen molar-refractivity contribution in [3.05, 3.63) is 77.2 Å². The van der Waals surface area contributed by atoms with E-state index in [0.29, 0.717) is 23.5 Å². The molecule has 3 aromatic rings. The Morgan fingerprint density at radius 1 is 1.05 bits per heavy atom. The van der Waals surface area contributed by atoms with E-state index in [-0.39, 0.29) is 37.6 Å². The summed E-state index contributed by atoms with van der Waals surface area (Å²) in [6.07, 6.45) is 1.69. The van der Waals surface area contributed by atoms with Gasteiger partial charge in [-0.15, -0.1) is 11.3 Å². The van der Waals surface area contributed by atoms with E-state index in [1.54, 1.807) is 42.3 Å². The lowest BCUT2D eigenvalue weighted by atomic mass is 9.97. The van der Waals surface area contributed by atoms with Gasteiger partial charge in [0.2, 0.25) is 5.91 Å². The van der Waals surface area contributed by atoms with Crippen LogP contribution in [0.3, 0.4) is 0 Å². The minimum Gasteiger partial charge on any atom is -0.497 e. The minimum atomic E-state index is -3.89. The highest BCUT2D eigenvalue weighted by Crippen LogP contribution is 2.45. The summed E-state index contributed by atoms with van der Waals surface area (Å²) in [6, 6.07) is 20.0. The number of rotatable bonds is 8. The van der Waals surface area contributed by atoms with Gasteiger partial charge in [0, 0.05) is 41.4 Å². The third kappa shape index (κ3) is 6.48. The van der Waals surface area contributed by atoms with Gasteiger partial charge in [0.25, 0.3) is 5.91 Å². The minimum absolute atomic E-state index is 0.0442. The monoisotopic (exact) mass is 598 g/mol. The first-order valence-electron chi connectivity index (χ1n) is 13.7. The Bertz CT molecular complexity index is 1450. The van der Waals surface area contributed by atoms with E-state index in [0.717, 1.165) is 29.0 Å². The number of sulfone groups is 1. The van der Waals surface area contributed by atoms with Gasteiger partial charge in [0.05, 0.1) is 19.3 Å². The maximum atomic E-state index is 14.1. The molecule has 2 unspecified atom stereocenters. The molecule has 11 heteroatoms. The lowest BCUT2D eigenvalue weighted by molar-refractivity contribution is -0.200. The largest absolute Gasteiger partial charge is 0.497 e. The fourth-order valence-electron chi connectivity index (χ4n) is 5.26. The normalized spacial score (nSPS) is 22.5. The zero-order valence-electron chi connectivity index (χ0n) is 22.9. The molecule has 2 saturated heterocycles. The molecule has 218 valence electrons. The Kier molecular flexibility index (Phi) is 9.08. The topological polar surface area (TPSA) is 111 Å². The Balaban J connectivity index is 1.45. The molecule has 0 bridgehead atoms. The summed E-state index contributed by atoms with van der Waals surface area (Å²) in [6.45, 7) is 0.776. The molecule has 41 heavy (non-hydrogen) atoms. The Morgan fingerprint density at radius 2 is 1.83 bits per heavy atom. The van der Waals surface area contributed by atoms with E-state index >= 15 is 0 Å². The van der Waals surface area contributed by atoms with Gasteiger partial charge < -0.3 is 14.4 Å². The van der Waals surface area contributed by atoms with E-state index < -0.39 is 26.8 Å². The van der Waals surface area contributed by atoms with Crippen molar-refractivity contribution in [3.8, 4) is 16.2 Å². The molecular formula is C30H34N2O7S2. The first-order chi connectivity index (χ1) is 19.8. The summed E-state index contributed by atoms with van der Waals surface area (Å²) in [4.78, 5) is 35.0. The van der Waals surface area contributed by atoms with E-state index in [4.69, 9.17) is 14.3 Å². The maximum absolute atomic E-state index is 14.1. The molecule has 2 amide bonds. The molecule has 2 fully saturated rings. The number of hydrogen-bond acceptors (Lipinski definition) is 8. The van der Waals surface area contributed by atoms with Crippen molar-refractivity contribution in [2.75, 3.05) is 32.6 Å². The second-order valence-electron chi connectivity index (χ2n) is 10.2. The molecule has 5 rings (SSSR count). The first-order valence-corrected chi connectivity index (χ1v) is 16.2. The van der Waals surface area contributed by atoms with Gasteiger partial charge in [-0.2, -0.15) is 0 Å². The molecule has 2 aliphatic heterocycles. The predicted octanol–water partition coefficient (Wildman–Crippen LogP) is 4.54. The zero-order valence-corrected chi connectivity index (χ0v) is 24.5. The van der Waals surface area contributed by atoms with E-state index in [9.17, 15) is 18.0 Å². The number of hydrogen-bond donors (Lipinski definition) is 1. The number of ether oxygens (including phenoxy) is 2. The average Bonchev–Trinajstić information content (AvgIpc) is 3.46. The van der Waals surface area contributed by atoms with Gasteiger partial charge in [-0.3, -0.25) is 9.59 Å². The molecule has 9 nitrogen and oxygen atoms in total. The van der Waals surface area contributed by atoms with Crippen LogP contribution in [0.15, 0.2) is 66.7 Å². The summed E-state index contributed by atoms with van der Waals surface area (Å²) in [5.41, 5.74) is 3.85. The Morgan fingerprint density at radius 3 is 2.54 bits per heavy atom. The molecule has 1 aromatic heterocycles. The molecule has 2 aromatic carbocycles.